The van der Waals surface area contributed by atoms with Crippen LogP contribution in [0.3, 0.4) is 0 Å². The molecule has 3 rings (SSSR count). The molecule has 1 saturated carbocycles. The lowest BCUT2D eigenvalue weighted by Crippen LogP contribution is -2.62. The van der Waals surface area contributed by atoms with Gasteiger partial charge in [0.15, 0.2) is 0 Å². The van der Waals surface area contributed by atoms with Crippen molar-refractivity contribution in [2.75, 3.05) is 13.1 Å². The first kappa shape index (κ1) is 17.8. The Morgan fingerprint density at radius 3 is 2.30 bits per heavy atom. The number of hydrogen-bond donors (Lipinski definition) is 2. The normalized spacial score (nSPS) is 19.2. The molecule has 0 aromatic heterocycles. The Morgan fingerprint density at radius 1 is 1.35 bits per heavy atom. The second-order valence-electron chi connectivity index (χ2n) is 5.63. The third kappa shape index (κ3) is 4.48. The predicted molar refractivity (Wildman–Crippen MR) is 74.1 cm³/mol. The number of aliphatic carboxylic acids is 1. The molecule has 9 heteroatoms. The largest absolute Gasteiger partial charge is 0.490 e. The van der Waals surface area contributed by atoms with Crippen molar-refractivity contribution in [1.82, 2.24) is 5.32 Å². The molecule has 2 N–H and O–H groups in total. The van der Waals surface area contributed by atoms with Gasteiger partial charge in [0.2, 0.25) is 0 Å². The lowest BCUT2D eigenvalue weighted by atomic mass is 9.63. The van der Waals surface area contributed by atoms with Gasteiger partial charge in [0.25, 0.3) is 0 Å². The molecule has 128 valence electrons. The summed E-state index contributed by atoms with van der Waals surface area (Å²) in [4.78, 5) is 8.90. The number of rotatable bonds is 2. The van der Waals surface area contributed by atoms with Gasteiger partial charge in [-0.2, -0.15) is 13.2 Å². The molecule has 1 aromatic carbocycles. The van der Waals surface area contributed by atoms with E-state index in [1.54, 1.807) is 6.07 Å². The maximum Gasteiger partial charge on any atom is 0.490 e. The molecule has 1 saturated heterocycles. The summed E-state index contributed by atoms with van der Waals surface area (Å²) < 4.78 is 50.3. The zero-order chi connectivity index (χ0) is 17.3. The standard InChI is InChI=1S/C12H13ClFNO.C2HF3O2/c13-10-3-8(14)1-2-11(10)16-9-4-12(5-9)6-15-7-12;3-2(4,5)1(6)7/h1-3,9,15H,4-7H2;(H,6,7). The molecular formula is C14H14ClF4NO3. The highest BCUT2D eigenvalue weighted by Gasteiger charge is 2.49. The third-order valence-electron chi connectivity index (χ3n) is 3.75. The lowest BCUT2D eigenvalue weighted by Gasteiger charge is -2.53. The SMILES string of the molecule is Fc1ccc(OC2CC3(CNC3)C2)c(Cl)c1.O=C(O)C(F)(F)F. The number of hydrogen-bond acceptors (Lipinski definition) is 3. The molecule has 23 heavy (non-hydrogen) atoms. The molecule has 4 nitrogen and oxygen atoms in total. The van der Waals surface area contributed by atoms with Gasteiger partial charge in [-0.1, -0.05) is 11.6 Å². The van der Waals surface area contributed by atoms with Crippen molar-refractivity contribution in [3.8, 4) is 5.75 Å². The van der Waals surface area contributed by atoms with Gasteiger partial charge >= 0.3 is 12.1 Å². The summed E-state index contributed by atoms with van der Waals surface area (Å²) in [5.74, 6) is -2.49. The van der Waals surface area contributed by atoms with Gasteiger partial charge in [-0.15, -0.1) is 0 Å². The van der Waals surface area contributed by atoms with Crippen molar-refractivity contribution in [2.24, 2.45) is 5.41 Å². The summed E-state index contributed by atoms with van der Waals surface area (Å²) in [6, 6.07) is 4.26. The first-order valence-corrected chi connectivity index (χ1v) is 7.12. The molecule has 1 aliphatic heterocycles. The summed E-state index contributed by atoms with van der Waals surface area (Å²) in [5.41, 5.74) is 0.483. The Bertz CT molecular complexity index is 582. The average Bonchev–Trinajstić information content (AvgIpc) is 2.32. The monoisotopic (exact) mass is 355 g/mol. The van der Waals surface area contributed by atoms with Crippen LogP contribution in [0, 0.1) is 11.2 Å². The number of nitrogens with one attached hydrogen (secondary N) is 1. The molecular weight excluding hydrogens is 342 g/mol. The number of halogens is 5. The van der Waals surface area contributed by atoms with Crippen molar-refractivity contribution >= 4 is 17.6 Å². The van der Waals surface area contributed by atoms with Gasteiger partial charge in [0.05, 0.1) is 5.02 Å². The zero-order valence-electron chi connectivity index (χ0n) is 11.8. The van der Waals surface area contributed by atoms with Crippen LogP contribution in [-0.4, -0.2) is 36.4 Å². The minimum absolute atomic E-state index is 0.241. The van der Waals surface area contributed by atoms with Crippen LogP contribution < -0.4 is 10.1 Å². The molecule has 1 heterocycles. The van der Waals surface area contributed by atoms with Crippen molar-refractivity contribution in [1.29, 1.82) is 0 Å². The van der Waals surface area contributed by atoms with Gasteiger partial charge in [0.1, 0.15) is 17.7 Å². The zero-order valence-corrected chi connectivity index (χ0v) is 12.5. The van der Waals surface area contributed by atoms with E-state index < -0.39 is 12.1 Å². The number of ether oxygens (including phenoxy) is 1. The number of carboxylic acids is 1. The number of benzene rings is 1. The minimum atomic E-state index is -5.08. The number of alkyl halides is 3. The van der Waals surface area contributed by atoms with E-state index in [1.165, 1.54) is 12.1 Å². The summed E-state index contributed by atoms with van der Waals surface area (Å²) in [5, 5.41) is 10.8. The minimum Gasteiger partial charge on any atom is -0.489 e. The Kier molecular flexibility index (Phi) is 5.05. The average molecular weight is 356 g/mol. The Morgan fingerprint density at radius 2 is 1.91 bits per heavy atom. The number of carboxylic acid groups (broad SMARTS) is 1. The Balaban J connectivity index is 0.000000236. The van der Waals surface area contributed by atoms with Gasteiger partial charge in [0, 0.05) is 18.5 Å². The topological polar surface area (TPSA) is 58.6 Å². The van der Waals surface area contributed by atoms with Gasteiger partial charge < -0.3 is 15.2 Å². The van der Waals surface area contributed by atoms with E-state index in [4.69, 9.17) is 26.2 Å². The summed E-state index contributed by atoms with van der Waals surface area (Å²) in [7, 11) is 0. The van der Waals surface area contributed by atoms with Crippen LogP contribution in [-0.2, 0) is 4.79 Å². The van der Waals surface area contributed by atoms with Crippen LogP contribution in [0.2, 0.25) is 5.02 Å². The second-order valence-corrected chi connectivity index (χ2v) is 6.04. The van der Waals surface area contributed by atoms with E-state index in [9.17, 15) is 17.6 Å². The van der Waals surface area contributed by atoms with Gasteiger partial charge in [-0.3, -0.25) is 0 Å². The second kappa shape index (κ2) is 6.52. The summed E-state index contributed by atoms with van der Waals surface area (Å²) in [6.07, 6.45) is -2.69. The van der Waals surface area contributed by atoms with Crippen molar-refractivity contribution in [3.63, 3.8) is 0 Å². The smallest absolute Gasteiger partial charge is 0.489 e. The predicted octanol–water partition coefficient (Wildman–Crippen LogP) is 3.24. The molecule has 0 atom stereocenters. The molecule has 0 amide bonds. The van der Waals surface area contributed by atoms with Crippen LogP contribution in [0.5, 0.6) is 5.75 Å². The van der Waals surface area contributed by atoms with Crippen LogP contribution in [0.4, 0.5) is 17.6 Å². The maximum absolute atomic E-state index is 12.8. The highest BCUT2D eigenvalue weighted by Crippen LogP contribution is 2.46. The Labute approximate surface area is 134 Å². The first-order chi connectivity index (χ1) is 10.6. The van der Waals surface area contributed by atoms with Crippen molar-refractivity contribution < 1.29 is 32.2 Å². The van der Waals surface area contributed by atoms with E-state index in [1.807, 2.05) is 0 Å². The van der Waals surface area contributed by atoms with E-state index >= 15 is 0 Å². The van der Waals surface area contributed by atoms with E-state index in [0.717, 1.165) is 25.9 Å². The van der Waals surface area contributed by atoms with Crippen molar-refractivity contribution in [2.45, 2.75) is 25.1 Å². The van der Waals surface area contributed by atoms with E-state index in [2.05, 4.69) is 5.32 Å². The van der Waals surface area contributed by atoms with Crippen molar-refractivity contribution in [3.05, 3.63) is 29.0 Å². The lowest BCUT2D eigenvalue weighted by molar-refractivity contribution is -0.192. The summed E-state index contributed by atoms with van der Waals surface area (Å²) in [6.45, 7) is 2.20. The highest BCUT2D eigenvalue weighted by molar-refractivity contribution is 6.32. The molecule has 2 fully saturated rings. The number of carbonyl (C=O) groups is 1. The molecule has 0 radical (unpaired) electrons. The molecule has 0 bridgehead atoms. The summed E-state index contributed by atoms with van der Waals surface area (Å²) >= 11 is 5.90. The van der Waals surface area contributed by atoms with E-state index in [0.29, 0.717) is 16.2 Å². The molecule has 1 aromatic rings. The third-order valence-corrected chi connectivity index (χ3v) is 4.05. The van der Waals surface area contributed by atoms with Crippen LogP contribution in [0.1, 0.15) is 12.8 Å². The molecule has 2 aliphatic rings. The van der Waals surface area contributed by atoms with Crippen LogP contribution in [0.15, 0.2) is 18.2 Å². The molecule has 1 spiro atoms. The quantitative estimate of drug-likeness (QED) is 0.800. The van der Waals surface area contributed by atoms with Crippen LogP contribution >= 0.6 is 11.6 Å². The first-order valence-electron chi connectivity index (χ1n) is 6.74. The van der Waals surface area contributed by atoms with Crippen LogP contribution in [0.25, 0.3) is 0 Å². The van der Waals surface area contributed by atoms with Gasteiger partial charge in [-0.25, -0.2) is 9.18 Å². The molecule has 0 unspecified atom stereocenters. The fraction of sp³-hybridized carbons (Fsp3) is 0.500. The fourth-order valence-corrected chi connectivity index (χ4v) is 2.72. The Hall–Kier alpha value is -1.54. The van der Waals surface area contributed by atoms with Gasteiger partial charge in [-0.05, 0) is 31.0 Å². The maximum atomic E-state index is 12.8. The molecule has 1 aliphatic carbocycles. The van der Waals surface area contributed by atoms with E-state index in [-0.39, 0.29) is 11.9 Å². The highest BCUT2D eigenvalue weighted by atomic mass is 35.5. The fourth-order valence-electron chi connectivity index (χ4n) is 2.51.